The fourth-order valence-electron chi connectivity index (χ4n) is 1.65. The summed E-state index contributed by atoms with van der Waals surface area (Å²) in [7, 11) is 0. The summed E-state index contributed by atoms with van der Waals surface area (Å²) in [5.74, 6) is 0.00747. The maximum absolute atomic E-state index is 13.6. The highest BCUT2D eigenvalue weighted by Gasteiger charge is 2.11. The summed E-state index contributed by atoms with van der Waals surface area (Å²) in [5.41, 5.74) is 0.745. The molecule has 0 radical (unpaired) electrons. The van der Waals surface area contributed by atoms with Crippen molar-refractivity contribution in [3.8, 4) is 0 Å². The van der Waals surface area contributed by atoms with Crippen LogP contribution in [-0.2, 0) is 0 Å². The van der Waals surface area contributed by atoms with E-state index in [1.165, 1.54) is 6.07 Å². The maximum atomic E-state index is 13.6. The normalized spacial score (nSPS) is 13.1. The van der Waals surface area contributed by atoms with Crippen LogP contribution in [0.2, 0.25) is 5.02 Å². The molecule has 0 heterocycles. The average Bonchev–Trinajstić information content (AvgIpc) is 2.16. The Morgan fingerprint density at radius 3 is 2.56 bits per heavy atom. The van der Waals surface area contributed by atoms with Crippen LogP contribution in [0.25, 0.3) is 0 Å². The molecule has 1 aromatic carbocycles. The largest absolute Gasteiger partial charge is 0.315 e. The van der Waals surface area contributed by atoms with E-state index in [0.717, 1.165) is 18.5 Å². The molecule has 0 saturated heterocycles. The summed E-state index contributed by atoms with van der Waals surface area (Å²) in [5, 5.41) is 3.78. The molecular formula is C13H19ClFN. The van der Waals surface area contributed by atoms with Crippen LogP contribution >= 0.6 is 11.6 Å². The van der Waals surface area contributed by atoms with Crippen molar-refractivity contribution in [1.29, 1.82) is 0 Å². The Hall–Kier alpha value is -0.600. The standard InChI is InChI=1S/C13H19ClFN/c1-9(2)16-7-6-10(3)12-5-4-11(14)8-13(12)15/h4-5,8-10,16H,6-7H2,1-3H3. The first-order valence-electron chi connectivity index (χ1n) is 5.69. The molecule has 1 unspecified atom stereocenters. The minimum atomic E-state index is -0.204. The minimum Gasteiger partial charge on any atom is -0.315 e. The first-order chi connectivity index (χ1) is 7.50. The van der Waals surface area contributed by atoms with Gasteiger partial charge in [-0.3, -0.25) is 0 Å². The van der Waals surface area contributed by atoms with Gasteiger partial charge in [-0.1, -0.05) is 38.4 Å². The van der Waals surface area contributed by atoms with Gasteiger partial charge in [0.05, 0.1) is 0 Å². The van der Waals surface area contributed by atoms with E-state index in [-0.39, 0.29) is 11.7 Å². The van der Waals surface area contributed by atoms with Crippen LogP contribution in [-0.4, -0.2) is 12.6 Å². The molecular weight excluding hydrogens is 225 g/mol. The molecule has 0 aliphatic carbocycles. The van der Waals surface area contributed by atoms with Gasteiger partial charge in [0.15, 0.2) is 0 Å². The minimum absolute atomic E-state index is 0.204. The zero-order chi connectivity index (χ0) is 12.1. The third-order valence-electron chi connectivity index (χ3n) is 2.62. The zero-order valence-corrected chi connectivity index (χ0v) is 10.8. The quantitative estimate of drug-likeness (QED) is 0.825. The smallest absolute Gasteiger partial charge is 0.128 e. The van der Waals surface area contributed by atoms with Gasteiger partial charge in [0.1, 0.15) is 5.82 Å². The highest BCUT2D eigenvalue weighted by Crippen LogP contribution is 2.24. The first kappa shape index (κ1) is 13.5. The lowest BCUT2D eigenvalue weighted by Gasteiger charge is -2.14. The molecule has 0 amide bonds. The Bertz CT molecular complexity index is 339. The van der Waals surface area contributed by atoms with Crippen LogP contribution in [0.3, 0.4) is 0 Å². The van der Waals surface area contributed by atoms with Crippen LogP contribution < -0.4 is 5.32 Å². The second-order valence-electron chi connectivity index (χ2n) is 4.46. The predicted octanol–water partition coefficient (Wildman–Crippen LogP) is 3.97. The van der Waals surface area contributed by atoms with Gasteiger partial charge in [0.2, 0.25) is 0 Å². The highest BCUT2D eigenvalue weighted by molar-refractivity contribution is 6.30. The summed E-state index contributed by atoms with van der Waals surface area (Å²) in [4.78, 5) is 0. The lowest BCUT2D eigenvalue weighted by molar-refractivity contribution is 0.523. The molecule has 0 fully saturated rings. The average molecular weight is 244 g/mol. The second-order valence-corrected chi connectivity index (χ2v) is 4.90. The summed E-state index contributed by atoms with van der Waals surface area (Å²) in [6.45, 7) is 7.15. The summed E-state index contributed by atoms with van der Waals surface area (Å²) in [6.07, 6.45) is 0.927. The molecule has 90 valence electrons. The van der Waals surface area contributed by atoms with E-state index in [0.29, 0.717) is 11.1 Å². The van der Waals surface area contributed by atoms with Gasteiger partial charge in [0, 0.05) is 11.1 Å². The van der Waals surface area contributed by atoms with E-state index in [2.05, 4.69) is 19.2 Å². The molecule has 16 heavy (non-hydrogen) atoms. The number of nitrogens with one attached hydrogen (secondary N) is 1. The molecule has 1 N–H and O–H groups in total. The molecule has 0 bridgehead atoms. The van der Waals surface area contributed by atoms with Gasteiger partial charge in [-0.25, -0.2) is 4.39 Å². The van der Waals surface area contributed by atoms with Crippen molar-refractivity contribution < 1.29 is 4.39 Å². The fraction of sp³-hybridized carbons (Fsp3) is 0.538. The molecule has 0 spiro atoms. The van der Waals surface area contributed by atoms with Gasteiger partial charge < -0.3 is 5.32 Å². The van der Waals surface area contributed by atoms with Crippen molar-refractivity contribution in [1.82, 2.24) is 5.32 Å². The van der Waals surface area contributed by atoms with Crippen LogP contribution in [0.1, 0.15) is 38.7 Å². The molecule has 0 aromatic heterocycles. The Balaban J connectivity index is 2.55. The van der Waals surface area contributed by atoms with Crippen molar-refractivity contribution in [3.05, 3.63) is 34.6 Å². The van der Waals surface area contributed by atoms with E-state index >= 15 is 0 Å². The lowest BCUT2D eigenvalue weighted by Crippen LogP contribution is -2.24. The Morgan fingerprint density at radius 1 is 1.31 bits per heavy atom. The van der Waals surface area contributed by atoms with E-state index in [1.807, 2.05) is 6.92 Å². The Kier molecular flexibility index (Phi) is 5.23. The number of hydrogen-bond acceptors (Lipinski definition) is 1. The lowest BCUT2D eigenvalue weighted by atomic mass is 9.97. The van der Waals surface area contributed by atoms with Crippen LogP contribution in [0.15, 0.2) is 18.2 Å². The number of rotatable bonds is 5. The topological polar surface area (TPSA) is 12.0 Å². The van der Waals surface area contributed by atoms with E-state index < -0.39 is 0 Å². The maximum Gasteiger partial charge on any atom is 0.128 e. The predicted molar refractivity (Wildman–Crippen MR) is 67.6 cm³/mol. The first-order valence-corrected chi connectivity index (χ1v) is 6.07. The summed E-state index contributed by atoms with van der Waals surface area (Å²) >= 11 is 5.72. The molecule has 1 nitrogen and oxygen atoms in total. The van der Waals surface area contributed by atoms with Crippen molar-refractivity contribution in [2.45, 2.75) is 39.2 Å². The van der Waals surface area contributed by atoms with Crippen LogP contribution in [0.5, 0.6) is 0 Å². The number of benzene rings is 1. The molecule has 0 aliphatic heterocycles. The third kappa shape index (κ3) is 4.11. The van der Waals surface area contributed by atoms with Crippen molar-refractivity contribution in [2.75, 3.05) is 6.54 Å². The zero-order valence-electron chi connectivity index (χ0n) is 10.1. The second kappa shape index (κ2) is 6.21. The van der Waals surface area contributed by atoms with Gasteiger partial charge >= 0.3 is 0 Å². The van der Waals surface area contributed by atoms with E-state index in [1.54, 1.807) is 12.1 Å². The van der Waals surface area contributed by atoms with Crippen molar-refractivity contribution >= 4 is 11.6 Å². The molecule has 3 heteroatoms. The van der Waals surface area contributed by atoms with E-state index in [4.69, 9.17) is 11.6 Å². The van der Waals surface area contributed by atoms with Crippen LogP contribution in [0, 0.1) is 5.82 Å². The van der Waals surface area contributed by atoms with Crippen molar-refractivity contribution in [2.24, 2.45) is 0 Å². The van der Waals surface area contributed by atoms with Gasteiger partial charge in [0.25, 0.3) is 0 Å². The molecule has 0 aliphatic rings. The monoisotopic (exact) mass is 243 g/mol. The van der Waals surface area contributed by atoms with Gasteiger partial charge in [-0.15, -0.1) is 0 Å². The molecule has 1 aromatic rings. The number of halogens is 2. The SMILES string of the molecule is CC(C)NCCC(C)c1ccc(Cl)cc1F. The highest BCUT2D eigenvalue weighted by atomic mass is 35.5. The summed E-state index contributed by atoms with van der Waals surface area (Å²) in [6, 6.07) is 5.37. The Morgan fingerprint density at radius 2 is 2.00 bits per heavy atom. The molecule has 1 atom stereocenters. The van der Waals surface area contributed by atoms with Gasteiger partial charge in [-0.2, -0.15) is 0 Å². The summed E-state index contributed by atoms with van der Waals surface area (Å²) < 4.78 is 13.6. The van der Waals surface area contributed by atoms with Crippen molar-refractivity contribution in [3.63, 3.8) is 0 Å². The Labute approximate surface area is 102 Å². The molecule has 0 saturated carbocycles. The molecule has 1 rings (SSSR count). The number of hydrogen-bond donors (Lipinski definition) is 1. The fourth-order valence-corrected chi connectivity index (χ4v) is 1.80. The van der Waals surface area contributed by atoms with Gasteiger partial charge in [-0.05, 0) is 36.6 Å². The van der Waals surface area contributed by atoms with Crippen LogP contribution in [0.4, 0.5) is 4.39 Å². The van der Waals surface area contributed by atoms with E-state index in [9.17, 15) is 4.39 Å². The third-order valence-corrected chi connectivity index (χ3v) is 2.86.